The van der Waals surface area contributed by atoms with Crippen LogP contribution in [-0.4, -0.2) is 17.5 Å². The molecular weight excluding hydrogens is 300 g/mol. The van der Waals surface area contributed by atoms with E-state index in [0.717, 1.165) is 16.7 Å². The molecule has 0 radical (unpaired) electrons. The van der Waals surface area contributed by atoms with Crippen LogP contribution in [0.25, 0.3) is 10.9 Å². The Labute approximate surface area is 133 Å². The highest BCUT2D eigenvalue weighted by molar-refractivity contribution is 6.31. The predicted octanol–water partition coefficient (Wildman–Crippen LogP) is 4.47. The van der Waals surface area contributed by atoms with Crippen molar-refractivity contribution in [1.29, 1.82) is 0 Å². The van der Waals surface area contributed by atoms with Crippen molar-refractivity contribution in [3.8, 4) is 5.75 Å². The van der Waals surface area contributed by atoms with Gasteiger partial charge >= 0.3 is 0 Å². The summed E-state index contributed by atoms with van der Waals surface area (Å²) in [5.41, 5.74) is 2.08. The number of rotatable bonds is 4. The number of H-pyrrole nitrogens is 1. The molecule has 0 aliphatic rings. The van der Waals surface area contributed by atoms with Crippen LogP contribution >= 0.6 is 11.6 Å². The van der Waals surface area contributed by atoms with Crippen LogP contribution < -0.4 is 10.1 Å². The van der Waals surface area contributed by atoms with Crippen molar-refractivity contribution in [2.75, 3.05) is 11.9 Å². The van der Waals surface area contributed by atoms with Gasteiger partial charge in [0.25, 0.3) is 5.91 Å². The summed E-state index contributed by atoms with van der Waals surface area (Å²) < 4.78 is 5.37. The summed E-state index contributed by atoms with van der Waals surface area (Å²) in [7, 11) is 0. The van der Waals surface area contributed by atoms with Crippen molar-refractivity contribution < 1.29 is 9.53 Å². The van der Waals surface area contributed by atoms with Gasteiger partial charge in [0.1, 0.15) is 11.4 Å². The van der Waals surface area contributed by atoms with E-state index in [-0.39, 0.29) is 5.91 Å². The van der Waals surface area contributed by atoms with Crippen molar-refractivity contribution >= 4 is 34.1 Å². The molecule has 0 saturated heterocycles. The van der Waals surface area contributed by atoms with E-state index in [4.69, 9.17) is 16.3 Å². The molecule has 1 aromatic heterocycles. The molecule has 3 aromatic rings. The van der Waals surface area contributed by atoms with Crippen molar-refractivity contribution in [2.45, 2.75) is 6.92 Å². The van der Waals surface area contributed by atoms with E-state index in [1.54, 1.807) is 12.1 Å². The van der Waals surface area contributed by atoms with Gasteiger partial charge in [-0.25, -0.2) is 0 Å². The monoisotopic (exact) mass is 314 g/mol. The van der Waals surface area contributed by atoms with E-state index < -0.39 is 0 Å². The lowest BCUT2D eigenvalue weighted by Gasteiger charge is -2.06. The fourth-order valence-corrected chi connectivity index (χ4v) is 2.41. The molecule has 4 nitrogen and oxygen atoms in total. The lowest BCUT2D eigenvalue weighted by molar-refractivity contribution is 0.102. The third-order valence-electron chi connectivity index (χ3n) is 3.25. The number of nitrogens with one attached hydrogen (secondary N) is 2. The molecule has 0 aliphatic carbocycles. The number of benzene rings is 2. The molecule has 22 heavy (non-hydrogen) atoms. The van der Waals surface area contributed by atoms with Gasteiger partial charge in [0.05, 0.1) is 6.61 Å². The smallest absolute Gasteiger partial charge is 0.272 e. The first kappa shape index (κ1) is 14.5. The number of hydrogen-bond donors (Lipinski definition) is 2. The minimum atomic E-state index is -0.198. The molecule has 0 aliphatic heterocycles. The van der Waals surface area contributed by atoms with Gasteiger partial charge in [0.2, 0.25) is 0 Å². The van der Waals surface area contributed by atoms with Crippen molar-refractivity contribution in [3.05, 3.63) is 59.2 Å². The second kappa shape index (κ2) is 6.12. The Bertz CT molecular complexity index is 809. The Morgan fingerprint density at radius 3 is 2.68 bits per heavy atom. The summed E-state index contributed by atoms with van der Waals surface area (Å²) in [5, 5.41) is 4.39. The molecule has 1 heterocycles. The average molecular weight is 315 g/mol. The third kappa shape index (κ3) is 3.07. The maximum Gasteiger partial charge on any atom is 0.272 e. The number of amides is 1. The number of anilines is 1. The first-order valence-electron chi connectivity index (χ1n) is 6.98. The Hall–Kier alpha value is -2.46. The van der Waals surface area contributed by atoms with Gasteiger partial charge in [0.15, 0.2) is 0 Å². The summed E-state index contributed by atoms with van der Waals surface area (Å²) >= 11 is 5.95. The highest BCUT2D eigenvalue weighted by atomic mass is 35.5. The number of carbonyl (C=O) groups excluding carboxylic acids is 1. The maximum absolute atomic E-state index is 12.3. The molecule has 0 bridgehead atoms. The first-order valence-corrected chi connectivity index (χ1v) is 7.36. The van der Waals surface area contributed by atoms with Crippen LogP contribution in [0.5, 0.6) is 5.75 Å². The zero-order chi connectivity index (χ0) is 15.5. The molecule has 2 N–H and O–H groups in total. The molecule has 5 heteroatoms. The van der Waals surface area contributed by atoms with Crippen molar-refractivity contribution in [3.63, 3.8) is 0 Å². The summed E-state index contributed by atoms with van der Waals surface area (Å²) in [6, 6.07) is 14.5. The number of aromatic amines is 1. The second-order valence-electron chi connectivity index (χ2n) is 4.83. The van der Waals surface area contributed by atoms with Crippen molar-refractivity contribution in [1.82, 2.24) is 4.98 Å². The first-order chi connectivity index (χ1) is 10.7. The lowest BCUT2D eigenvalue weighted by Crippen LogP contribution is -2.12. The molecule has 0 atom stereocenters. The molecular formula is C17H15ClN2O2. The quantitative estimate of drug-likeness (QED) is 0.746. The highest BCUT2D eigenvalue weighted by Crippen LogP contribution is 2.21. The summed E-state index contributed by atoms with van der Waals surface area (Å²) in [4.78, 5) is 15.4. The number of aromatic nitrogens is 1. The standard InChI is InChI=1S/C17H15ClN2O2/c1-2-22-14-6-4-13(5-7-14)19-17(21)16-10-11-9-12(18)3-8-15(11)20-16/h3-10,20H,2H2,1H3,(H,19,21). The Balaban J connectivity index is 1.77. The summed E-state index contributed by atoms with van der Waals surface area (Å²) in [5.74, 6) is 0.581. The van der Waals surface area contributed by atoms with E-state index in [1.165, 1.54) is 0 Å². The summed E-state index contributed by atoms with van der Waals surface area (Å²) in [6.07, 6.45) is 0. The fourth-order valence-electron chi connectivity index (χ4n) is 2.23. The predicted molar refractivity (Wildman–Crippen MR) is 88.9 cm³/mol. The van der Waals surface area contributed by atoms with Crippen LogP contribution in [0.3, 0.4) is 0 Å². The van der Waals surface area contributed by atoms with E-state index in [9.17, 15) is 4.79 Å². The fraction of sp³-hybridized carbons (Fsp3) is 0.118. The van der Waals surface area contributed by atoms with Crippen molar-refractivity contribution in [2.24, 2.45) is 0 Å². The van der Waals surface area contributed by atoms with Gasteiger partial charge in [0, 0.05) is 21.6 Å². The van der Waals surface area contributed by atoms with Crippen LogP contribution in [0.15, 0.2) is 48.5 Å². The SMILES string of the molecule is CCOc1ccc(NC(=O)c2cc3cc(Cl)ccc3[nH]2)cc1. The molecule has 112 valence electrons. The number of carbonyl (C=O) groups is 1. The number of hydrogen-bond acceptors (Lipinski definition) is 2. The number of ether oxygens (including phenoxy) is 1. The molecule has 0 spiro atoms. The lowest BCUT2D eigenvalue weighted by atomic mass is 10.2. The minimum Gasteiger partial charge on any atom is -0.494 e. The van der Waals surface area contributed by atoms with E-state index in [1.807, 2.05) is 43.3 Å². The third-order valence-corrected chi connectivity index (χ3v) is 3.49. The van der Waals surface area contributed by atoms with Gasteiger partial charge < -0.3 is 15.0 Å². The zero-order valence-electron chi connectivity index (χ0n) is 12.0. The van der Waals surface area contributed by atoms with Crippen LogP contribution in [0, 0.1) is 0 Å². The van der Waals surface area contributed by atoms with Crippen LogP contribution in [0.4, 0.5) is 5.69 Å². The van der Waals surface area contributed by atoms with Gasteiger partial charge in [-0.2, -0.15) is 0 Å². The molecule has 0 saturated carbocycles. The largest absolute Gasteiger partial charge is 0.494 e. The van der Waals surface area contributed by atoms with E-state index >= 15 is 0 Å². The highest BCUT2D eigenvalue weighted by Gasteiger charge is 2.10. The topological polar surface area (TPSA) is 54.1 Å². The molecule has 1 amide bonds. The van der Waals surface area contributed by atoms with Crippen LogP contribution in [0.2, 0.25) is 5.02 Å². The molecule has 0 unspecified atom stereocenters. The molecule has 3 rings (SSSR count). The van der Waals surface area contributed by atoms with Crippen LogP contribution in [0.1, 0.15) is 17.4 Å². The maximum atomic E-state index is 12.3. The number of halogens is 1. The Morgan fingerprint density at radius 2 is 1.95 bits per heavy atom. The normalized spacial score (nSPS) is 10.6. The van der Waals surface area contributed by atoms with Gasteiger partial charge in [-0.05, 0) is 55.5 Å². The van der Waals surface area contributed by atoms with Gasteiger partial charge in [-0.3, -0.25) is 4.79 Å². The van der Waals surface area contributed by atoms with Crippen LogP contribution in [-0.2, 0) is 0 Å². The minimum absolute atomic E-state index is 0.198. The van der Waals surface area contributed by atoms with E-state index in [2.05, 4.69) is 10.3 Å². The summed E-state index contributed by atoms with van der Waals surface area (Å²) in [6.45, 7) is 2.54. The zero-order valence-corrected chi connectivity index (χ0v) is 12.8. The Kier molecular flexibility index (Phi) is 4.02. The molecule has 2 aromatic carbocycles. The average Bonchev–Trinajstić information content (AvgIpc) is 2.92. The second-order valence-corrected chi connectivity index (χ2v) is 5.26. The number of fused-ring (bicyclic) bond motifs is 1. The molecule has 0 fully saturated rings. The van der Waals surface area contributed by atoms with E-state index in [0.29, 0.717) is 23.0 Å². The van der Waals surface area contributed by atoms with Gasteiger partial charge in [-0.15, -0.1) is 0 Å². The van der Waals surface area contributed by atoms with Gasteiger partial charge in [-0.1, -0.05) is 11.6 Å². The Morgan fingerprint density at radius 1 is 1.18 bits per heavy atom.